The maximum atomic E-state index is 5.55. The normalized spacial score (nSPS) is 10.7. The molecule has 0 atom stereocenters. The van der Waals surface area contributed by atoms with Crippen molar-refractivity contribution in [3.05, 3.63) is 0 Å². The van der Waals surface area contributed by atoms with Gasteiger partial charge in [-0.25, -0.2) is 0 Å². The van der Waals surface area contributed by atoms with Gasteiger partial charge in [-0.15, -0.1) is 0 Å². The van der Waals surface area contributed by atoms with E-state index in [0.717, 1.165) is 6.04 Å². The van der Waals surface area contributed by atoms with Gasteiger partial charge in [0.15, 0.2) is 0 Å². The molecule has 0 heterocycles. The first-order valence-corrected chi connectivity index (χ1v) is 7.17. The summed E-state index contributed by atoms with van der Waals surface area (Å²) in [5, 5.41) is 0. The smallest absolute Gasteiger partial charge is 0.374 e. The lowest BCUT2D eigenvalue weighted by molar-refractivity contribution is 0.0725. The maximum Gasteiger partial charge on any atom is 0.500 e. The van der Waals surface area contributed by atoms with E-state index in [0.29, 0.717) is 19.8 Å². The number of nitrogens with two attached hydrogens (primary N) is 1. The first-order valence-electron chi connectivity index (χ1n) is 5.24. The van der Waals surface area contributed by atoms with Crippen molar-refractivity contribution in [2.45, 2.75) is 33.7 Å². The topological polar surface area (TPSA) is 53.7 Å². The summed E-state index contributed by atoms with van der Waals surface area (Å²) in [5.74, 6) is 0. The van der Waals surface area contributed by atoms with Crippen LogP contribution in [0.25, 0.3) is 0 Å². The minimum absolute atomic E-state index is 0.667. The van der Waals surface area contributed by atoms with Crippen LogP contribution in [0.5, 0.6) is 0 Å². The van der Waals surface area contributed by atoms with Crippen LogP contribution in [-0.4, -0.2) is 35.7 Å². The Hall–Kier alpha value is 0.0569. The van der Waals surface area contributed by atoms with Crippen LogP contribution in [0, 0.1) is 0 Å². The van der Waals surface area contributed by atoms with Crippen LogP contribution in [0.3, 0.4) is 0 Å². The van der Waals surface area contributed by atoms with E-state index >= 15 is 0 Å². The summed E-state index contributed by atoms with van der Waals surface area (Å²) in [6.07, 6.45) is 0. The Kier molecular flexibility index (Phi) is 13.1. The number of hydrogen-bond donors (Lipinski definition) is 1. The summed E-state index contributed by atoms with van der Waals surface area (Å²) in [6.45, 7) is 9.95. The maximum absolute atomic E-state index is 5.55. The van der Waals surface area contributed by atoms with Gasteiger partial charge in [-0.05, 0) is 27.8 Å². The van der Waals surface area contributed by atoms with E-state index in [1.807, 2.05) is 27.7 Å². The Balaban J connectivity index is 0. The van der Waals surface area contributed by atoms with Crippen molar-refractivity contribution in [2.24, 2.45) is 5.73 Å². The van der Waals surface area contributed by atoms with Gasteiger partial charge in [0, 0.05) is 25.9 Å². The molecule has 0 saturated carbocycles. The number of rotatable bonds is 7. The second kappa shape index (κ2) is 11.1. The van der Waals surface area contributed by atoms with Crippen molar-refractivity contribution in [1.82, 2.24) is 0 Å². The third-order valence-corrected chi connectivity index (χ3v) is 4.58. The summed E-state index contributed by atoms with van der Waals surface area (Å²) in [7, 11) is -0.769. The molecule has 2 N–H and O–H groups in total. The lowest BCUT2D eigenvalue weighted by atomic mass is 10.9. The van der Waals surface area contributed by atoms with E-state index in [2.05, 4.69) is 5.73 Å². The first kappa shape index (κ1) is 16.5. The quantitative estimate of drug-likeness (QED) is 0.667. The summed E-state index contributed by atoms with van der Waals surface area (Å²) in [6, 6.07) is 0.850. The van der Waals surface area contributed by atoms with Crippen LogP contribution in [0.2, 0.25) is 6.04 Å². The van der Waals surface area contributed by atoms with Gasteiger partial charge in [-0.1, -0.05) is 6.92 Å². The van der Waals surface area contributed by atoms with Gasteiger partial charge < -0.3 is 19.0 Å². The molecule has 0 radical (unpaired) electrons. The molecule has 0 amide bonds. The van der Waals surface area contributed by atoms with Gasteiger partial charge in [-0.2, -0.15) is 0 Å². The van der Waals surface area contributed by atoms with Gasteiger partial charge in [0.1, 0.15) is 0 Å². The predicted molar refractivity (Wildman–Crippen MR) is 61.2 cm³/mol. The van der Waals surface area contributed by atoms with Crippen LogP contribution < -0.4 is 5.73 Å². The van der Waals surface area contributed by atoms with E-state index in [-0.39, 0.29) is 0 Å². The molecule has 0 aromatic carbocycles. The lowest BCUT2D eigenvalue weighted by Gasteiger charge is -2.26. The summed E-state index contributed by atoms with van der Waals surface area (Å²) < 4.78 is 16.7. The summed E-state index contributed by atoms with van der Waals surface area (Å²) in [4.78, 5) is 0. The SMILES string of the molecule is CCO[Si](CC)(OCC)OCC.CN. The molecule has 0 unspecified atom stereocenters. The molecular weight excluding hydrogens is 198 g/mol. The highest BCUT2D eigenvalue weighted by Crippen LogP contribution is 2.14. The zero-order chi connectivity index (χ0) is 11.4. The zero-order valence-corrected chi connectivity index (χ0v) is 11.1. The minimum Gasteiger partial charge on any atom is -0.374 e. The molecule has 0 aliphatic carbocycles. The van der Waals surface area contributed by atoms with Gasteiger partial charge in [-0.3, -0.25) is 0 Å². The molecule has 88 valence electrons. The third-order valence-electron chi connectivity index (χ3n) is 1.53. The molecular formula is C9H25NO3Si. The minimum atomic E-state index is -2.27. The van der Waals surface area contributed by atoms with Gasteiger partial charge in [0.05, 0.1) is 0 Å². The van der Waals surface area contributed by atoms with Crippen LogP contribution in [0.4, 0.5) is 0 Å². The van der Waals surface area contributed by atoms with Crippen LogP contribution in [-0.2, 0) is 13.3 Å². The average molecular weight is 223 g/mol. The first-order chi connectivity index (χ1) is 6.74. The fourth-order valence-electron chi connectivity index (χ4n) is 1.09. The number of hydrogen-bond acceptors (Lipinski definition) is 4. The van der Waals surface area contributed by atoms with Gasteiger partial charge in [0.25, 0.3) is 0 Å². The lowest BCUT2D eigenvalue weighted by Crippen LogP contribution is -2.45. The highest BCUT2D eigenvalue weighted by molar-refractivity contribution is 6.60. The zero-order valence-electron chi connectivity index (χ0n) is 10.1. The van der Waals surface area contributed by atoms with Crippen LogP contribution >= 0.6 is 0 Å². The fraction of sp³-hybridized carbons (Fsp3) is 1.00. The molecule has 0 aliphatic heterocycles. The van der Waals surface area contributed by atoms with Crippen molar-refractivity contribution in [2.75, 3.05) is 26.9 Å². The second-order valence-electron chi connectivity index (χ2n) is 2.34. The van der Waals surface area contributed by atoms with Gasteiger partial charge >= 0.3 is 8.80 Å². The molecule has 0 aromatic heterocycles. The van der Waals surface area contributed by atoms with E-state index in [4.69, 9.17) is 13.3 Å². The molecule has 0 saturated heterocycles. The molecule has 0 fully saturated rings. The summed E-state index contributed by atoms with van der Waals surface area (Å²) >= 11 is 0. The Morgan fingerprint density at radius 3 is 1.21 bits per heavy atom. The van der Waals surface area contributed by atoms with E-state index < -0.39 is 8.80 Å². The van der Waals surface area contributed by atoms with Crippen molar-refractivity contribution in [1.29, 1.82) is 0 Å². The molecule has 14 heavy (non-hydrogen) atoms. The van der Waals surface area contributed by atoms with Crippen LogP contribution in [0.1, 0.15) is 27.7 Å². The molecule has 0 rings (SSSR count). The summed E-state index contributed by atoms with van der Waals surface area (Å²) in [5.41, 5.74) is 4.50. The average Bonchev–Trinajstić information content (AvgIpc) is 2.22. The Bertz CT molecular complexity index is 97.2. The standard InChI is InChI=1S/C8H20O3Si.CH5N/c1-5-9-12(8-4,10-6-2)11-7-3;1-2/h5-8H2,1-4H3;2H2,1H3. The van der Waals surface area contributed by atoms with E-state index in [1.165, 1.54) is 7.05 Å². The van der Waals surface area contributed by atoms with Crippen molar-refractivity contribution < 1.29 is 13.3 Å². The van der Waals surface area contributed by atoms with Crippen LogP contribution in [0.15, 0.2) is 0 Å². The molecule has 0 spiro atoms. The van der Waals surface area contributed by atoms with E-state index in [9.17, 15) is 0 Å². The Morgan fingerprint density at radius 2 is 1.07 bits per heavy atom. The Morgan fingerprint density at radius 1 is 0.786 bits per heavy atom. The monoisotopic (exact) mass is 223 g/mol. The van der Waals surface area contributed by atoms with Crippen molar-refractivity contribution >= 4 is 8.80 Å². The molecule has 4 nitrogen and oxygen atoms in total. The molecule has 5 heteroatoms. The second-order valence-corrected chi connectivity index (χ2v) is 5.27. The molecule has 0 bridgehead atoms. The van der Waals surface area contributed by atoms with Crippen molar-refractivity contribution in [3.63, 3.8) is 0 Å². The van der Waals surface area contributed by atoms with E-state index in [1.54, 1.807) is 0 Å². The highest BCUT2D eigenvalue weighted by Gasteiger charge is 2.37. The molecule has 0 aromatic rings. The third kappa shape index (κ3) is 6.50. The largest absolute Gasteiger partial charge is 0.500 e. The Labute approximate surface area is 89.1 Å². The van der Waals surface area contributed by atoms with Crippen molar-refractivity contribution in [3.8, 4) is 0 Å². The molecule has 0 aliphatic rings. The highest BCUT2D eigenvalue weighted by atomic mass is 28.4. The van der Waals surface area contributed by atoms with Gasteiger partial charge in [0.2, 0.25) is 0 Å². The fourth-order valence-corrected chi connectivity index (χ4v) is 3.27. The predicted octanol–water partition coefficient (Wildman–Crippen LogP) is 1.63.